The van der Waals surface area contributed by atoms with Crippen LogP contribution in [0.3, 0.4) is 0 Å². The Morgan fingerprint density at radius 2 is 1.80 bits per heavy atom. The number of hydrogen-bond acceptors (Lipinski definition) is 5. The maximum absolute atomic E-state index is 5.89. The summed E-state index contributed by atoms with van der Waals surface area (Å²) in [4.78, 5) is 0. The molecule has 0 fully saturated rings. The predicted octanol–water partition coefficient (Wildman–Crippen LogP) is 5.34. The molecule has 0 atom stereocenters. The van der Waals surface area contributed by atoms with Crippen LogP contribution < -0.4 is 4.74 Å². The third-order valence-electron chi connectivity index (χ3n) is 4.43. The lowest BCUT2D eigenvalue weighted by Gasteiger charge is -2.07. The molecule has 1 aromatic heterocycles. The van der Waals surface area contributed by atoms with Crippen LogP contribution in [0.25, 0.3) is 0 Å². The van der Waals surface area contributed by atoms with E-state index in [4.69, 9.17) is 4.74 Å². The van der Waals surface area contributed by atoms with Gasteiger partial charge >= 0.3 is 0 Å². The van der Waals surface area contributed by atoms with Gasteiger partial charge in [0.05, 0.1) is 6.21 Å². The standard InChI is InChI=1S/C24H22N4OS/c1-19-10-12-21(13-11-19)17-30-24-27-25-18-28(24)26-15-22-8-5-9-23(14-22)29-16-20-6-3-2-4-7-20/h2-15,18H,16-17H2,1H3/b26-15+. The molecule has 0 radical (unpaired) electrons. The van der Waals surface area contributed by atoms with E-state index in [0.717, 1.165) is 27.8 Å². The summed E-state index contributed by atoms with van der Waals surface area (Å²) < 4.78 is 7.58. The third kappa shape index (κ3) is 5.58. The van der Waals surface area contributed by atoms with Gasteiger partial charge in [-0.15, -0.1) is 10.2 Å². The largest absolute Gasteiger partial charge is 0.489 e. The van der Waals surface area contributed by atoms with E-state index in [1.807, 2.05) is 54.6 Å². The van der Waals surface area contributed by atoms with Gasteiger partial charge in [0.15, 0.2) is 0 Å². The highest BCUT2D eigenvalue weighted by atomic mass is 32.2. The summed E-state index contributed by atoms with van der Waals surface area (Å²) in [5, 5.41) is 13.4. The van der Waals surface area contributed by atoms with Crippen molar-refractivity contribution in [1.82, 2.24) is 14.9 Å². The first-order valence-corrected chi connectivity index (χ1v) is 10.6. The molecule has 4 aromatic rings. The van der Waals surface area contributed by atoms with Crippen molar-refractivity contribution >= 4 is 18.0 Å². The van der Waals surface area contributed by atoms with Crippen molar-refractivity contribution in [3.05, 3.63) is 107 Å². The predicted molar refractivity (Wildman–Crippen MR) is 121 cm³/mol. The van der Waals surface area contributed by atoms with Gasteiger partial charge in [-0.05, 0) is 35.7 Å². The molecule has 150 valence electrons. The van der Waals surface area contributed by atoms with Crippen molar-refractivity contribution in [2.45, 2.75) is 24.4 Å². The molecule has 0 aliphatic rings. The zero-order chi connectivity index (χ0) is 20.6. The molecular formula is C24H22N4OS. The fourth-order valence-electron chi connectivity index (χ4n) is 2.78. The van der Waals surface area contributed by atoms with Crippen LogP contribution >= 0.6 is 11.8 Å². The molecule has 0 bridgehead atoms. The Balaban J connectivity index is 1.38. The Labute approximate surface area is 180 Å². The Bertz CT molecular complexity index is 1110. The lowest BCUT2D eigenvalue weighted by molar-refractivity contribution is 0.306. The Kier molecular flexibility index (Phi) is 6.57. The molecule has 0 aliphatic carbocycles. The van der Waals surface area contributed by atoms with Crippen molar-refractivity contribution in [1.29, 1.82) is 0 Å². The second-order valence-corrected chi connectivity index (χ2v) is 7.77. The fourth-order valence-corrected chi connectivity index (χ4v) is 3.60. The van der Waals surface area contributed by atoms with E-state index in [1.165, 1.54) is 11.1 Å². The molecule has 4 rings (SSSR count). The SMILES string of the molecule is Cc1ccc(CSc2nncn2/N=C/c2cccc(OCc3ccccc3)c2)cc1. The van der Waals surface area contributed by atoms with Crippen molar-refractivity contribution in [3.8, 4) is 5.75 Å². The van der Waals surface area contributed by atoms with Gasteiger partial charge in [0, 0.05) is 5.75 Å². The van der Waals surface area contributed by atoms with Crippen LogP contribution in [0.1, 0.15) is 22.3 Å². The smallest absolute Gasteiger partial charge is 0.212 e. The van der Waals surface area contributed by atoms with Crippen LogP contribution in [-0.2, 0) is 12.4 Å². The maximum Gasteiger partial charge on any atom is 0.212 e. The molecule has 6 heteroatoms. The van der Waals surface area contributed by atoms with Gasteiger partial charge in [-0.2, -0.15) is 9.78 Å². The first-order chi connectivity index (χ1) is 14.8. The van der Waals surface area contributed by atoms with Gasteiger partial charge in [0.2, 0.25) is 5.16 Å². The van der Waals surface area contributed by atoms with Crippen LogP contribution in [0, 0.1) is 6.92 Å². The minimum absolute atomic E-state index is 0.534. The summed E-state index contributed by atoms with van der Waals surface area (Å²) in [5.74, 6) is 1.62. The quantitative estimate of drug-likeness (QED) is 0.288. The maximum atomic E-state index is 5.89. The normalized spacial score (nSPS) is 11.1. The zero-order valence-corrected chi connectivity index (χ0v) is 17.5. The molecule has 3 aromatic carbocycles. The van der Waals surface area contributed by atoms with E-state index in [9.17, 15) is 0 Å². The lowest BCUT2D eigenvalue weighted by Crippen LogP contribution is -1.96. The van der Waals surface area contributed by atoms with Crippen molar-refractivity contribution < 1.29 is 4.74 Å². The third-order valence-corrected chi connectivity index (χ3v) is 5.43. The molecule has 0 saturated carbocycles. The van der Waals surface area contributed by atoms with E-state index in [0.29, 0.717) is 6.61 Å². The van der Waals surface area contributed by atoms with Crippen LogP contribution in [0.15, 0.2) is 95.4 Å². The molecule has 0 amide bonds. The number of benzene rings is 3. The summed E-state index contributed by atoms with van der Waals surface area (Å²) in [6.45, 7) is 2.62. The number of rotatable bonds is 8. The van der Waals surface area contributed by atoms with E-state index in [1.54, 1.807) is 29.0 Å². The molecule has 1 heterocycles. The summed E-state index contributed by atoms with van der Waals surface area (Å²) in [7, 11) is 0. The van der Waals surface area contributed by atoms with Gasteiger partial charge in [0.25, 0.3) is 0 Å². The highest BCUT2D eigenvalue weighted by Crippen LogP contribution is 2.21. The minimum atomic E-state index is 0.534. The monoisotopic (exact) mass is 414 g/mol. The first-order valence-electron chi connectivity index (χ1n) is 9.66. The lowest BCUT2D eigenvalue weighted by atomic mass is 10.2. The van der Waals surface area contributed by atoms with Crippen molar-refractivity contribution in [2.24, 2.45) is 5.10 Å². The highest BCUT2D eigenvalue weighted by molar-refractivity contribution is 7.98. The van der Waals surface area contributed by atoms with Gasteiger partial charge in [-0.1, -0.05) is 84.1 Å². The Morgan fingerprint density at radius 1 is 0.967 bits per heavy atom. The molecular weight excluding hydrogens is 392 g/mol. The van der Waals surface area contributed by atoms with Crippen LogP contribution in [0.5, 0.6) is 5.75 Å². The van der Waals surface area contributed by atoms with Gasteiger partial charge in [0.1, 0.15) is 18.7 Å². The second-order valence-electron chi connectivity index (χ2n) is 6.82. The zero-order valence-electron chi connectivity index (χ0n) is 16.7. The summed E-state index contributed by atoms with van der Waals surface area (Å²) in [6.07, 6.45) is 3.40. The van der Waals surface area contributed by atoms with Crippen LogP contribution in [0.2, 0.25) is 0 Å². The molecule has 5 nitrogen and oxygen atoms in total. The average Bonchev–Trinajstić information content (AvgIpc) is 3.24. The summed E-state index contributed by atoms with van der Waals surface area (Å²) >= 11 is 1.61. The average molecular weight is 415 g/mol. The van der Waals surface area contributed by atoms with E-state index < -0.39 is 0 Å². The van der Waals surface area contributed by atoms with Gasteiger partial charge in [-0.3, -0.25) is 0 Å². The first kappa shape index (κ1) is 19.9. The van der Waals surface area contributed by atoms with E-state index in [-0.39, 0.29) is 0 Å². The Morgan fingerprint density at radius 3 is 2.63 bits per heavy atom. The van der Waals surface area contributed by atoms with Crippen LogP contribution in [-0.4, -0.2) is 21.1 Å². The van der Waals surface area contributed by atoms with Gasteiger partial charge < -0.3 is 4.74 Å². The number of thioether (sulfide) groups is 1. The molecule has 0 aliphatic heterocycles. The Hall–Kier alpha value is -3.38. The van der Waals surface area contributed by atoms with E-state index >= 15 is 0 Å². The van der Waals surface area contributed by atoms with Crippen molar-refractivity contribution in [2.75, 3.05) is 0 Å². The second kappa shape index (κ2) is 9.89. The fraction of sp³-hybridized carbons (Fsp3) is 0.125. The summed E-state index contributed by atoms with van der Waals surface area (Å²) in [6, 6.07) is 26.5. The number of aryl methyl sites for hydroxylation is 1. The highest BCUT2D eigenvalue weighted by Gasteiger charge is 2.05. The van der Waals surface area contributed by atoms with Crippen LogP contribution in [0.4, 0.5) is 0 Å². The van der Waals surface area contributed by atoms with Gasteiger partial charge in [-0.25, -0.2) is 0 Å². The number of hydrogen-bond donors (Lipinski definition) is 0. The number of nitrogens with zero attached hydrogens (tertiary/aromatic N) is 4. The summed E-state index contributed by atoms with van der Waals surface area (Å²) in [5.41, 5.74) is 4.58. The number of aromatic nitrogens is 3. The number of ether oxygens (including phenoxy) is 1. The molecule has 0 saturated heterocycles. The van der Waals surface area contributed by atoms with Crippen molar-refractivity contribution in [3.63, 3.8) is 0 Å². The molecule has 30 heavy (non-hydrogen) atoms. The topological polar surface area (TPSA) is 52.3 Å². The molecule has 0 N–H and O–H groups in total. The van der Waals surface area contributed by atoms with E-state index in [2.05, 4.69) is 46.5 Å². The molecule has 0 unspecified atom stereocenters. The minimum Gasteiger partial charge on any atom is -0.489 e. The molecule has 0 spiro atoms.